The van der Waals surface area contributed by atoms with E-state index in [1.807, 2.05) is 6.26 Å². The molecule has 2 rings (SSSR count). The van der Waals surface area contributed by atoms with E-state index in [1.54, 1.807) is 0 Å². The highest BCUT2D eigenvalue weighted by Crippen LogP contribution is 2.25. The first-order valence-corrected chi connectivity index (χ1v) is 9.54. The summed E-state index contributed by atoms with van der Waals surface area (Å²) in [4.78, 5) is 5.39. The van der Waals surface area contributed by atoms with Crippen LogP contribution in [0.15, 0.2) is 0 Å². The first-order valence-electron chi connectivity index (χ1n) is 7.92. The second-order valence-corrected chi connectivity index (χ2v) is 8.10. The van der Waals surface area contributed by atoms with Crippen molar-refractivity contribution in [2.24, 2.45) is 0 Å². The Morgan fingerprint density at radius 3 is 2.79 bits per heavy atom. The SMILES string of the molecule is CCC1CN2CCCCC2CN1CCC(C)S(C)=O. The summed E-state index contributed by atoms with van der Waals surface area (Å²) in [5.41, 5.74) is 0. The van der Waals surface area contributed by atoms with Crippen LogP contribution in [0.2, 0.25) is 0 Å². The van der Waals surface area contributed by atoms with Gasteiger partial charge in [-0.1, -0.05) is 20.3 Å². The minimum atomic E-state index is -0.673. The number of nitrogens with zero attached hydrogens (tertiary/aromatic N) is 2. The van der Waals surface area contributed by atoms with Crippen LogP contribution in [0.1, 0.15) is 46.0 Å². The zero-order valence-corrected chi connectivity index (χ0v) is 13.6. The van der Waals surface area contributed by atoms with Crippen molar-refractivity contribution in [2.45, 2.75) is 63.3 Å². The van der Waals surface area contributed by atoms with Gasteiger partial charge in [-0.2, -0.15) is 0 Å². The van der Waals surface area contributed by atoms with Gasteiger partial charge in [-0.25, -0.2) is 0 Å². The smallest absolute Gasteiger partial charge is 0.0329 e. The second kappa shape index (κ2) is 7.19. The number of piperidine rings is 1. The summed E-state index contributed by atoms with van der Waals surface area (Å²) in [5.74, 6) is 0. The molecule has 3 nitrogen and oxygen atoms in total. The first kappa shape index (κ1) is 15.5. The van der Waals surface area contributed by atoms with Gasteiger partial charge in [-0.3, -0.25) is 14.0 Å². The lowest BCUT2D eigenvalue weighted by Crippen LogP contribution is -2.59. The van der Waals surface area contributed by atoms with Gasteiger partial charge in [-0.05, 0) is 38.8 Å². The van der Waals surface area contributed by atoms with Gasteiger partial charge in [-0.15, -0.1) is 0 Å². The molecule has 0 radical (unpaired) electrons. The molecule has 0 aromatic carbocycles. The summed E-state index contributed by atoms with van der Waals surface area (Å²) in [6, 6.07) is 1.51. The molecule has 0 amide bonds. The topological polar surface area (TPSA) is 23.6 Å². The average molecular weight is 286 g/mol. The molecule has 2 aliphatic rings. The maximum Gasteiger partial charge on any atom is 0.0329 e. The molecule has 4 atom stereocenters. The molecule has 0 aromatic heterocycles. The van der Waals surface area contributed by atoms with E-state index < -0.39 is 10.8 Å². The van der Waals surface area contributed by atoms with Gasteiger partial charge < -0.3 is 0 Å². The third-order valence-electron chi connectivity index (χ3n) is 5.02. The normalized spacial score (nSPS) is 32.8. The highest BCUT2D eigenvalue weighted by atomic mass is 32.2. The molecule has 4 unspecified atom stereocenters. The Hall–Kier alpha value is 0.0700. The lowest BCUT2D eigenvalue weighted by molar-refractivity contribution is 0.00724. The zero-order chi connectivity index (χ0) is 13.8. The molecule has 19 heavy (non-hydrogen) atoms. The van der Waals surface area contributed by atoms with E-state index in [9.17, 15) is 4.21 Å². The molecule has 0 aliphatic carbocycles. The summed E-state index contributed by atoms with van der Waals surface area (Å²) >= 11 is 0. The third kappa shape index (κ3) is 4.02. The van der Waals surface area contributed by atoms with Gasteiger partial charge in [0.2, 0.25) is 0 Å². The number of hydrogen-bond donors (Lipinski definition) is 0. The molecule has 4 heteroatoms. The zero-order valence-electron chi connectivity index (χ0n) is 12.8. The molecule has 2 saturated heterocycles. The predicted octanol–water partition coefficient (Wildman–Crippen LogP) is 2.09. The van der Waals surface area contributed by atoms with Crippen molar-refractivity contribution in [1.29, 1.82) is 0 Å². The standard InChI is InChI=1S/C15H30N2OS/c1-4-14-11-16-9-6-5-7-15(16)12-17(14)10-8-13(2)19(3)18/h13-15H,4-12H2,1-3H3. The van der Waals surface area contributed by atoms with Crippen LogP contribution in [0.5, 0.6) is 0 Å². The Morgan fingerprint density at radius 1 is 1.32 bits per heavy atom. The summed E-state index contributed by atoms with van der Waals surface area (Å²) < 4.78 is 11.5. The van der Waals surface area contributed by atoms with E-state index >= 15 is 0 Å². The van der Waals surface area contributed by atoms with Crippen molar-refractivity contribution in [3.63, 3.8) is 0 Å². The van der Waals surface area contributed by atoms with Crippen LogP contribution in [0.25, 0.3) is 0 Å². The largest absolute Gasteiger partial charge is 0.298 e. The van der Waals surface area contributed by atoms with Crippen molar-refractivity contribution in [1.82, 2.24) is 9.80 Å². The molecule has 2 aliphatic heterocycles. The summed E-state index contributed by atoms with van der Waals surface area (Å²) in [6.45, 7) is 9.36. The minimum absolute atomic E-state index is 0.335. The Bertz CT molecular complexity index is 311. The molecule has 0 aromatic rings. The van der Waals surface area contributed by atoms with Crippen molar-refractivity contribution >= 4 is 10.8 Å². The minimum Gasteiger partial charge on any atom is -0.298 e. The van der Waals surface area contributed by atoms with Crippen LogP contribution in [-0.2, 0) is 10.8 Å². The fourth-order valence-corrected chi connectivity index (χ4v) is 3.93. The van der Waals surface area contributed by atoms with Crippen LogP contribution >= 0.6 is 0 Å². The number of fused-ring (bicyclic) bond motifs is 1. The van der Waals surface area contributed by atoms with Gasteiger partial charge in [0.25, 0.3) is 0 Å². The lowest BCUT2D eigenvalue weighted by Gasteiger charge is -2.48. The van der Waals surface area contributed by atoms with E-state index in [0.29, 0.717) is 11.3 Å². The van der Waals surface area contributed by atoms with Crippen LogP contribution in [0.3, 0.4) is 0 Å². The van der Waals surface area contributed by atoms with Gasteiger partial charge >= 0.3 is 0 Å². The number of rotatable bonds is 5. The van der Waals surface area contributed by atoms with E-state index in [1.165, 1.54) is 45.3 Å². The lowest BCUT2D eigenvalue weighted by atomic mass is 9.95. The first-order chi connectivity index (χ1) is 9.11. The van der Waals surface area contributed by atoms with Crippen molar-refractivity contribution < 1.29 is 4.21 Å². The molecule has 0 bridgehead atoms. The third-order valence-corrected chi connectivity index (χ3v) is 6.39. The molecular weight excluding hydrogens is 256 g/mol. The summed E-state index contributed by atoms with van der Waals surface area (Å²) in [7, 11) is -0.673. The Labute approximate surface area is 121 Å². The second-order valence-electron chi connectivity index (χ2n) is 6.30. The fourth-order valence-electron chi connectivity index (χ4n) is 3.49. The van der Waals surface area contributed by atoms with Crippen LogP contribution in [-0.4, -0.2) is 63.8 Å². The molecule has 2 fully saturated rings. The van der Waals surface area contributed by atoms with E-state index in [2.05, 4.69) is 23.6 Å². The molecule has 2 heterocycles. The maximum absolute atomic E-state index is 11.5. The van der Waals surface area contributed by atoms with E-state index in [-0.39, 0.29) is 0 Å². The van der Waals surface area contributed by atoms with Crippen molar-refractivity contribution in [2.75, 3.05) is 32.4 Å². The van der Waals surface area contributed by atoms with Gasteiger partial charge in [0, 0.05) is 47.5 Å². The molecular formula is C15H30N2OS. The predicted molar refractivity (Wildman–Crippen MR) is 83.0 cm³/mol. The van der Waals surface area contributed by atoms with Gasteiger partial charge in [0.15, 0.2) is 0 Å². The van der Waals surface area contributed by atoms with Crippen LogP contribution in [0.4, 0.5) is 0 Å². The average Bonchev–Trinajstić information content (AvgIpc) is 2.43. The van der Waals surface area contributed by atoms with Crippen molar-refractivity contribution in [3.05, 3.63) is 0 Å². The highest BCUT2D eigenvalue weighted by Gasteiger charge is 2.33. The van der Waals surface area contributed by atoms with Crippen molar-refractivity contribution in [3.8, 4) is 0 Å². The van der Waals surface area contributed by atoms with Crippen LogP contribution < -0.4 is 0 Å². The molecule has 0 N–H and O–H groups in total. The quantitative estimate of drug-likeness (QED) is 0.773. The maximum atomic E-state index is 11.5. The van der Waals surface area contributed by atoms with Gasteiger partial charge in [0.05, 0.1) is 0 Å². The summed E-state index contributed by atoms with van der Waals surface area (Å²) in [6.07, 6.45) is 8.32. The Kier molecular flexibility index (Phi) is 5.85. The molecule has 0 spiro atoms. The fraction of sp³-hybridized carbons (Fsp3) is 1.00. The van der Waals surface area contributed by atoms with E-state index in [0.717, 1.165) is 19.0 Å². The van der Waals surface area contributed by atoms with Crippen LogP contribution in [0, 0.1) is 0 Å². The van der Waals surface area contributed by atoms with E-state index in [4.69, 9.17) is 0 Å². The number of piperazine rings is 1. The summed E-state index contributed by atoms with van der Waals surface area (Å²) in [5, 5.41) is 0.335. The number of hydrogen-bond acceptors (Lipinski definition) is 3. The molecule has 112 valence electrons. The Morgan fingerprint density at radius 2 is 2.11 bits per heavy atom. The Balaban J connectivity index is 1.88. The highest BCUT2D eigenvalue weighted by molar-refractivity contribution is 7.84. The molecule has 0 saturated carbocycles. The van der Waals surface area contributed by atoms with Gasteiger partial charge in [0.1, 0.15) is 0 Å². The monoisotopic (exact) mass is 286 g/mol.